The number of carbonyl (C=O) groups is 1. The van der Waals surface area contributed by atoms with Crippen molar-refractivity contribution in [1.29, 1.82) is 0 Å². The van der Waals surface area contributed by atoms with Crippen LogP contribution in [0.4, 0.5) is 0 Å². The van der Waals surface area contributed by atoms with Crippen LogP contribution in [0.3, 0.4) is 0 Å². The predicted molar refractivity (Wildman–Crippen MR) is 86.3 cm³/mol. The van der Waals surface area contributed by atoms with Crippen molar-refractivity contribution in [2.75, 3.05) is 11.9 Å². The fourth-order valence-electron chi connectivity index (χ4n) is 2.23. The van der Waals surface area contributed by atoms with Crippen LogP contribution in [-0.4, -0.2) is 22.8 Å². The Hall–Kier alpha value is -1.42. The number of benzene rings is 1. The van der Waals surface area contributed by atoms with Crippen molar-refractivity contribution in [1.82, 2.24) is 10.3 Å². The Labute approximate surface area is 127 Å². The van der Waals surface area contributed by atoms with Gasteiger partial charge < -0.3 is 5.32 Å². The zero-order valence-electron chi connectivity index (χ0n) is 11.6. The second kappa shape index (κ2) is 7.39. The van der Waals surface area contributed by atoms with E-state index in [9.17, 15) is 4.79 Å². The largest absolute Gasteiger partial charge is 0.352 e. The molecule has 4 heteroatoms. The number of hydrogen-bond acceptors (Lipinski definition) is 2. The van der Waals surface area contributed by atoms with Crippen LogP contribution in [0, 0.1) is 5.92 Å². The molecule has 2 rings (SSSR count). The van der Waals surface area contributed by atoms with E-state index >= 15 is 0 Å². The molecule has 1 unspecified atom stereocenters. The van der Waals surface area contributed by atoms with Crippen molar-refractivity contribution in [3.8, 4) is 0 Å². The highest BCUT2D eigenvalue weighted by Gasteiger charge is 2.12. The molecule has 1 heterocycles. The van der Waals surface area contributed by atoms with E-state index in [-0.39, 0.29) is 5.91 Å². The number of rotatable bonds is 6. The molecule has 106 valence electrons. The van der Waals surface area contributed by atoms with Crippen LogP contribution in [0.5, 0.6) is 0 Å². The molecule has 0 aliphatic rings. The Morgan fingerprint density at radius 3 is 2.90 bits per heavy atom. The minimum Gasteiger partial charge on any atom is -0.352 e. The zero-order valence-corrected chi connectivity index (χ0v) is 13.2. The Morgan fingerprint density at radius 1 is 1.35 bits per heavy atom. The SMILES string of the molecule is CCC(CCBr)CNC(=O)c1ccnc2ccccc12. The number of halogens is 1. The lowest BCUT2D eigenvalue weighted by Crippen LogP contribution is -2.29. The quantitative estimate of drug-likeness (QED) is 0.817. The predicted octanol–water partition coefficient (Wildman–Crippen LogP) is 3.78. The van der Waals surface area contributed by atoms with Gasteiger partial charge in [-0.05, 0) is 24.5 Å². The average molecular weight is 335 g/mol. The first-order valence-electron chi connectivity index (χ1n) is 6.94. The summed E-state index contributed by atoms with van der Waals surface area (Å²) in [6.45, 7) is 2.87. The first kappa shape index (κ1) is 15.0. The molecule has 3 nitrogen and oxygen atoms in total. The Kier molecular flexibility index (Phi) is 5.53. The Balaban J connectivity index is 2.11. The summed E-state index contributed by atoms with van der Waals surface area (Å²) in [6.07, 6.45) is 3.84. The fraction of sp³-hybridized carbons (Fsp3) is 0.375. The van der Waals surface area contributed by atoms with Crippen LogP contribution in [-0.2, 0) is 0 Å². The maximum Gasteiger partial charge on any atom is 0.252 e. The van der Waals surface area contributed by atoms with Gasteiger partial charge in [0.25, 0.3) is 5.91 Å². The summed E-state index contributed by atoms with van der Waals surface area (Å²) in [5.74, 6) is 0.503. The van der Waals surface area contributed by atoms with Gasteiger partial charge in [-0.3, -0.25) is 9.78 Å². The second-order valence-corrected chi connectivity index (χ2v) is 5.63. The third-order valence-electron chi connectivity index (χ3n) is 3.54. The highest BCUT2D eigenvalue weighted by Crippen LogP contribution is 2.16. The van der Waals surface area contributed by atoms with E-state index in [1.54, 1.807) is 12.3 Å². The van der Waals surface area contributed by atoms with Crippen LogP contribution in [0.15, 0.2) is 36.5 Å². The molecule has 0 saturated carbocycles. The van der Waals surface area contributed by atoms with Gasteiger partial charge in [0, 0.05) is 23.5 Å². The zero-order chi connectivity index (χ0) is 14.4. The molecule has 0 aliphatic carbocycles. The molecule has 1 aromatic carbocycles. The van der Waals surface area contributed by atoms with E-state index in [1.165, 1.54) is 0 Å². The van der Waals surface area contributed by atoms with E-state index in [2.05, 4.69) is 33.2 Å². The first-order chi connectivity index (χ1) is 9.76. The van der Waals surface area contributed by atoms with Crippen LogP contribution in [0.2, 0.25) is 0 Å². The van der Waals surface area contributed by atoms with E-state index in [0.717, 1.165) is 35.6 Å². The Morgan fingerprint density at radius 2 is 2.15 bits per heavy atom. The summed E-state index contributed by atoms with van der Waals surface area (Å²) < 4.78 is 0. The number of fused-ring (bicyclic) bond motifs is 1. The number of alkyl halides is 1. The van der Waals surface area contributed by atoms with Gasteiger partial charge in [-0.15, -0.1) is 0 Å². The summed E-state index contributed by atoms with van der Waals surface area (Å²) in [5.41, 5.74) is 1.55. The van der Waals surface area contributed by atoms with Gasteiger partial charge in [-0.1, -0.05) is 47.5 Å². The lowest BCUT2D eigenvalue weighted by atomic mass is 10.0. The van der Waals surface area contributed by atoms with Gasteiger partial charge >= 0.3 is 0 Å². The van der Waals surface area contributed by atoms with Gasteiger partial charge in [0.05, 0.1) is 11.1 Å². The molecule has 2 aromatic rings. The molecule has 20 heavy (non-hydrogen) atoms. The maximum absolute atomic E-state index is 12.3. The number of hydrogen-bond donors (Lipinski definition) is 1. The van der Waals surface area contributed by atoms with E-state index in [0.29, 0.717) is 11.5 Å². The average Bonchev–Trinajstić information content (AvgIpc) is 2.50. The minimum atomic E-state index is -0.0170. The molecular weight excluding hydrogens is 316 g/mol. The number of pyridine rings is 1. The fourth-order valence-corrected chi connectivity index (χ4v) is 2.88. The minimum absolute atomic E-state index is 0.0170. The second-order valence-electron chi connectivity index (χ2n) is 4.84. The van der Waals surface area contributed by atoms with Crippen molar-refractivity contribution < 1.29 is 4.79 Å². The van der Waals surface area contributed by atoms with E-state index in [4.69, 9.17) is 0 Å². The number of nitrogens with zero attached hydrogens (tertiary/aromatic N) is 1. The van der Waals surface area contributed by atoms with Gasteiger partial charge in [0.15, 0.2) is 0 Å². The summed E-state index contributed by atoms with van der Waals surface area (Å²) >= 11 is 3.45. The van der Waals surface area contributed by atoms with Crippen LogP contribution < -0.4 is 5.32 Å². The lowest BCUT2D eigenvalue weighted by Gasteiger charge is -2.14. The normalized spacial score (nSPS) is 12.3. The standard InChI is InChI=1S/C16H19BrN2O/c1-2-12(7-9-17)11-19-16(20)14-8-10-18-15-6-4-3-5-13(14)15/h3-6,8,10,12H,2,7,9,11H2,1H3,(H,19,20). The number of nitrogens with one attached hydrogen (secondary N) is 1. The van der Waals surface area contributed by atoms with Crippen molar-refractivity contribution in [2.24, 2.45) is 5.92 Å². The van der Waals surface area contributed by atoms with Gasteiger partial charge in [-0.25, -0.2) is 0 Å². The summed E-state index contributed by atoms with van der Waals surface area (Å²) in [5, 5.41) is 4.91. The molecular formula is C16H19BrN2O. The third-order valence-corrected chi connectivity index (χ3v) is 4.00. The number of carbonyl (C=O) groups excluding carboxylic acids is 1. The molecule has 1 atom stereocenters. The molecule has 0 aliphatic heterocycles. The summed E-state index contributed by atoms with van der Waals surface area (Å²) in [4.78, 5) is 16.6. The molecule has 1 N–H and O–H groups in total. The first-order valence-corrected chi connectivity index (χ1v) is 8.06. The molecule has 1 aromatic heterocycles. The molecule has 0 bridgehead atoms. The maximum atomic E-state index is 12.3. The summed E-state index contributed by atoms with van der Waals surface area (Å²) in [6, 6.07) is 9.50. The third kappa shape index (κ3) is 3.57. The molecule has 0 fully saturated rings. The van der Waals surface area contributed by atoms with E-state index in [1.807, 2.05) is 24.3 Å². The number of aromatic nitrogens is 1. The topological polar surface area (TPSA) is 42.0 Å². The van der Waals surface area contributed by atoms with Gasteiger partial charge in [0.1, 0.15) is 0 Å². The van der Waals surface area contributed by atoms with Crippen LogP contribution in [0.1, 0.15) is 30.1 Å². The molecule has 0 saturated heterocycles. The van der Waals surface area contributed by atoms with Crippen molar-refractivity contribution in [3.05, 3.63) is 42.1 Å². The molecule has 0 spiro atoms. The molecule has 1 amide bonds. The highest BCUT2D eigenvalue weighted by molar-refractivity contribution is 9.09. The smallest absolute Gasteiger partial charge is 0.252 e. The highest BCUT2D eigenvalue weighted by atomic mass is 79.9. The van der Waals surface area contributed by atoms with Crippen LogP contribution in [0.25, 0.3) is 10.9 Å². The monoisotopic (exact) mass is 334 g/mol. The Bertz CT molecular complexity index is 580. The van der Waals surface area contributed by atoms with Gasteiger partial charge in [-0.2, -0.15) is 0 Å². The summed E-state index contributed by atoms with van der Waals surface area (Å²) in [7, 11) is 0. The van der Waals surface area contributed by atoms with Crippen LogP contribution >= 0.6 is 15.9 Å². The van der Waals surface area contributed by atoms with Gasteiger partial charge in [0.2, 0.25) is 0 Å². The number of amides is 1. The van der Waals surface area contributed by atoms with Crippen molar-refractivity contribution in [2.45, 2.75) is 19.8 Å². The van der Waals surface area contributed by atoms with Crippen molar-refractivity contribution >= 4 is 32.7 Å². The number of para-hydroxylation sites is 1. The van der Waals surface area contributed by atoms with E-state index < -0.39 is 0 Å². The van der Waals surface area contributed by atoms with Crippen molar-refractivity contribution in [3.63, 3.8) is 0 Å². The lowest BCUT2D eigenvalue weighted by molar-refractivity contribution is 0.0948. The molecule has 0 radical (unpaired) electrons.